The summed E-state index contributed by atoms with van der Waals surface area (Å²) in [5.41, 5.74) is 0.519. The van der Waals surface area contributed by atoms with Crippen molar-refractivity contribution in [3.05, 3.63) is 34.9 Å². The second-order valence-corrected chi connectivity index (χ2v) is 9.80. The second kappa shape index (κ2) is 7.02. The molecular weight excluding hydrogens is 348 g/mol. The first-order valence-corrected chi connectivity index (χ1v) is 10.3. The minimum absolute atomic E-state index is 0.296. The molecule has 7 heteroatoms. The van der Waals surface area contributed by atoms with Gasteiger partial charge in [-0.05, 0) is 37.6 Å². The summed E-state index contributed by atoms with van der Waals surface area (Å²) in [4.78, 5) is 12.8. The third kappa shape index (κ3) is 3.76. The number of sulfone groups is 1. The standard InChI is InChI=1S/C17H25ClN2O3S/c1-16(2,13-6-4-5-7-14(13)18)12-20-15(21)17(24(3,22)23)8-10-19-11-9-17/h4-7,19H,8-12H2,1-3H3,(H,20,21). The highest BCUT2D eigenvalue weighted by atomic mass is 35.5. The molecule has 0 atom stereocenters. The molecular formula is C17H25ClN2O3S. The van der Waals surface area contributed by atoms with Crippen LogP contribution in [0.3, 0.4) is 0 Å². The molecule has 1 heterocycles. The molecule has 1 aliphatic heterocycles. The average molecular weight is 373 g/mol. The fourth-order valence-corrected chi connectivity index (χ4v) is 4.91. The number of amides is 1. The van der Waals surface area contributed by atoms with Crippen molar-refractivity contribution in [2.45, 2.75) is 36.9 Å². The van der Waals surface area contributed by atoms with Gasteiger partial charge in [0, 0.05) is 23.2 Å². The number of hydrogen-bond donors (Lipinski definition) is 2. The lowest BCUT2D eigenvalue weighted by molar-refractivity contribution is -0.124. The fourth-order valence-electron chi connectivity index (χ4n) is 3.16. The molecule has 1 aliphatic rings. The molecule has 0 radical (unpaired) electrons. The highest BCUT2D eigenvalue weighted by molar-refractivity contribution is 7.92. The molecule has 0 saturated carbocycles. The van der Waals surface area contributed by atoms with Gasteiger partial charge in [-0.1, -0.05) is 43.6 Å². The van der Waals surface area contributed by atoms with Crippen LogP contribution in [0.1, 0.15) is 32.3 Å². The summed E-state index contributed by atoms with van der Waals surface area (Å²) in [6, 6.07) is 7.49. The molecule has 1 aromatic rings. The topological polar surface area (TPSA) is 75.3 Å². The van der Waals surface area contributed by atoms with E-state index in [1.165, 1.54) is 0 Å². The lowest BCUT2D eigenvalue weighted by atomic mass is 9.84. The Bertz CT molecular complexity index is 710. The van der Waals surface area contributed by atoms with Crippen LogP contribution in [0.2, 0.25) is 5.02 Å². The molecule has 2 rings (SSSR count). The van der Waals surface area contributed by atoms with Crippen molar-refractivity contribution in [2.75, 3.05) is 25.9 Å². The number of rotatable bonds is 5. The van der Waals surface area contributed by atoms with Crippen LogP contribution in [-0.2, 0) is 20.0 Å². The van der Waals surface area contributed by atoms with Gasteiger partial charge in [-0.15, -0.1) is 0 Å². The smallest absolute Gasteiger partial charge is 0.241 e. The van der Waals surface area contributed by atoms with Crippen LogP contribution < -0.4 is 10.6 Å². The van der Waals surface area contributed by atoms with E-state index in [1.807, 2.05) is 38.1 Å². The number of hydrogen-bond acceptors (Lipinski definition) is 4. The summed E-state index contributed by atoms with van der Waals surface area (Å²) >= 11 is 6.26. The minimum atomic E-state index is -3.51. The Morgan fingerprint density at radius 3 is 2.42 bits per heavy atom. The average Bonchev–Trinajstić information content (AvgIpc) is 2.52. The highest BCUT2D eigenvalue weighted by Gasteiger charge is 2.48. The number of carbonyl (C=O) groups is 1. The van der Waals surface area contributed by atoms with E-state index in [0.29, 0.717) is 37.5 Å². The van der Waals surface area contributed by atoms with E-state index in [-0.39, 0.29) is 0 Å². The maximum atomic E-state index is 12.8. The van der Waals surface area contributed by atoms with Gasteiger partial charge < -0.3 is 10.6 Å². The van der Waals surface area contributed by atoms with Crippen LogP contribution in [0.25, 0.3) is 0 Å². The van der Waals surface area contributed by atoms with Crippen molar-refractivity contribution in [3.8, 4) is 0 Å². The van der Waals surface area contributed by atoms with Gasteiger partial charge in [-0.25, -0.2) is 8.42 Å². The van der Waals surface area contributed by atoms with E-state index in [2.05, 4.69) is 10.6 Å². The van der Waals surface area contributed by atoms with Crippen molar-refractivity contribution in [1.82, 2.24) is 10.6 Å². The fraction of sp³-hybridized carbons (Fsp3) is 0.588. The molecule has 0 aromatic heterocycles. The number of nitrogens with one attached hydrogen (secondary N) is 2. The van der Waals surface area contributed by atoms with Gasteiger partial charge in [0.15, 0.2) is 14.6 Å². The summed E-state index contributed by atoms with van der Waals surface area (Å²) in [6.45, 7) is 5.32. The van der Waals surface area contributed by atoms with Gasteiger partial charge in [-0.3, -0.25) is 4.79 Å². The molecule has 1 saturated heterocycles. The van der Waals surface area contributed by atoms with Crippen LogP contribution in [0, 0.1) is 0 Å². The van der Waals surface area contributed by atoms with E-state index in [9.17, 15) is 13.2 Å². The Morgan fingerprint density at radius 1 is 1.29 bits per heavy atom. The van der Waals surface area contributed by atoms with Crippen LogP contribution in [-0.4, -0.2) is 45.0 Å². The molecule has 1 aromatic carbocycles. The summed E-state index contributed by atoms with van der Waals surface area (Å²) in [7, 11) is -3.51. The van der Waals surface area contributed by atoms with E-state index >= 15 is 0 Å². The summed E-state index contributed by atoms with van der Waals surface area (Å²) < 4.78 is 23.2. The molecule has 5 nitrogen and oxygen atoms in total. The van der Waals surface area contributed by atoms with Crippen LogP contribution in [0.15, 0.2) is 24.3 Å². The molecule has 24 heavy (non-hydrogen) atoms. The zero-order valence-electron chi connectivity index (χ0n) is 14.4. The van der Waals surface area contributed by atoms with Gasteiger partial charge in [0.25, 0.3) is 0 Å². The maximum Gasteiger partial charge on any atom is 0.241 e. The molecule has 2 N–H and O–H groups in total. The van der Waals surface area contributed by atoms with Crippen molar-refractivity contribution in [1.29, 1.82) is 0 Å². The number of benzene rings is 1. The Balaban J connectivity index is 2.18. The summed E-state index contributed by atoms with van der Waals surface area (Å²) in [5.74, 6) is -0.411. The highest BCUT2D eigenvalue weighted by Crippen LogP contribution is 2.31. The molecule has 0 aliphatic carbocycles. The van der Waals surface area contributed by atoms with Gasteiger partial charge in [0.2, 0.25) is 5.91 Å². The van der Waals surface area contributed by atoms with Crippen molar-refractivity contribution in [3.63, 3.8) is 0 Å². The SMILES string of the molecule is CC(C)(CNC(=O)C1(S(C)(=O)=O)CCNCC1)c1ccccc1Cl. The zero-order valence-corrected chi connectivity index (χ0v) is 15.9. The molecule has 0 spiro atoms. The monoisotopic (exact) mass is 372 g/mol. The number of carbonyl (C=O) groups excluding carboxylic acids is 1. The van der Waals surface area contributed by atoms with Crippen LogP contribution >= 0.6 is 11.6 Å². The quantitative estimate of drug-likeness (QED) is 0.827. The lowest BCUT2D eigenvalue weighted by Crippen LogP contribution is -2.58. The second-order valence-electron chi connectivity index (χ2n) is 7.06. The predicted molar refractivity (Wildman–Crippen MR) is 97.2 cm³/mol. The molecule has 1 fully saturated rings. The Kier molecular flexibility index (Phi) is 5.62. The van der Waals surface area contributed by atoms with Gasteiger partial charge in [0.1, 0.15) is 0 Å². The summed E-state index contributed by atoms with van der Waals surface area (Å²) in [6.07, 6.45) is 1.74. The van der Waals surface area contributed by atoms with E-state index < -0.39 is 25.9 Å². The molecule has 0 bridgehead atoms. The first kappa shape index (κ1) is 19.2. The van der Waals surface area contributed by atoms with Crippen molar-refractivity contribution >= 4 is 27.3 Å². The van der Waals surface area contributed by atoms with Crippen LogP contribution in [0.4, 0.5) is 0 Å². The minimum Gasteiger partial charge on any atom is -0.354 e. The third-order valence-corrected chi connectivity index (χ3v) is 7.17. The van der Waals surface area contributed by atoms with Gasteiger partial charge in [0.05, 0.1) is 0 Å². The first-order valence-electron chi connectivity index (χ1n) is 8.04. The summed E-state index contributed by atoms with van der Waals surface area (Å²) in [5, 5.41) is 6.61. The number of piperidine rings is 1. The van der Waals surface area contributed by atoms with Gasteiger partial charge in [-0.2, -0.15) is 0 Å². The Labute approximate surface area is 149 Å². The lowest BCUT2D eigenvalue weighted by Gasteiger charge is -2.36. The van der Waals surface area contributed by atoms with Gasteiger partial charge >= 0.3 is 0 Å². The first-order chi connectivity index (χ1) is 11.1. The Morgan fingerprint density at radius 2 is 1.88 bits per heavy atom. The van der Waals surface area contributed by atoms with Crippen molar-refractivity contribution in [2.24, 2.45) is 0 Å². The van der Waals surface area contributed by atoms with Crippen molar-refractivity contribution < 1.29 is 13.2 Å². The maximum absolute atomic E-state index is 12.8. The molecule has 1 amide bonds. The van der Waals surface area contributed by atoms with E-state index in [1.54, 1.807) is 0 Å². The van der Waals surface area contributed by atoms with E-state index in [0.717, 1.165) is 11.8 Å². The predicted octanol–water partition coefficient (Wildman–Crippen LogP) is 1.90. The van der Waals surface area contributed by atoms with Crippen LogP contribution in [0.5, 0.6) is 0 Å². The largest absolute Gasteiger partial charge is 0.354 e. The third-order valence-electron chi connectivity index (χ3n) is 4.83. The van der Waals surface area contributed by atoms with E-state index in [4.69, 9.17) is 11.6 Å². The zero-order chi connectivity index (χ0) is 18.0. The molecule has 134 valence electrons. The normalized spacial score (nSPS) is 18.2. The molecule has 0 unspecified atom stereocenters. The Hall–Kier alpha value is -1.11. The number of halogens is 1.